The predicted octanol–water partition coefficient (Wildman–Crippen LogP) is 0.167. The van der Waals surface area contributed by atoms with Gasteiger partial charge in [-0.15, -0.1) is 0 Å². The maximum Gasteiger partial charge on any atom is 0.340 e. The smallest absolute Gasteiger partial charge is 0.340 e. The van der Waals surface area contributed by atoms with E-state index in [1.807, 2.05) is 0 Å². The first-order chi connectivity index (χ1) is 10.8. The van der Waals surface area contributed by atoms with E-state index in [0.717, 1.165) is 6.07 Å². The van der Waals surface area contributed by atoms with Crippen molar-refractivity contribution in [2.24, 2.45) is 0 Å². The summed E-state index contributed by atoms with van der Waals surface area (Å²) in [5.74, 6) is -1.40. The van der Waals surface area contributed by atoms with Gasteiger partial charge in [-0.05, 0) is 18.2 Å². The molecule has 10 heteroatoms. The van der Waals surface area contributed by atoms with Crippen molar-refractivity contribution in [1.82, 2.24) is 10.0 Å². The molecular weight excluding hydrogens is 348 g/mol. The zero-order chi connectivity index (χ0) is 17.5. The molecule has 23 heavy (non-hydrogen) atoms. The number of halogens is 1. The number of likely N-dealkylation sites (N-methyl/N-ethyl adjacent to an activating group) is 1. The van der Waals surface area contributed by atoms with Crippen LogP contribution < -0.4 is 10.0 Å². The third-order valence-electron chi connectivity index (χ3n) is 2.68. The molecule has 0 bridgehead atoms. The van der Waals surface area contributed by atoms with Crippen molar-refractivity contribution in [3.63, 3.8) is 0 Å². The lowest BCUT2D eigenvalue weighted by Gasteiger charge is -2.09. The number of carbonyl (C=O) groups is 2. The average molecular weight is 365 g/mol. The van der Waals surface area contributed by atoms with E-state index in [1.165, 1.54) is 26.3 Å². The lowest BCUT2D eigenvalue weighted by molar-refractivity contribution is -0.123. The number of ether oxygens (including phenoxy) is 2. The van der Waals surface area contributed by atoms with Gasteiger partial charge in [-0.1, -0.05) is 11.6 Å². The van der Waals surface area contributed by atoms with Gasteiger partial charge in [0.1, 0.15) is 0 Å². The van der Waals surface area contributed by atoms with Crippen LogP contribution in [-0.4, -0.2) is 54.2 Å². The Morgan fingerprint density at radius 3 is 2.61 bits per heavy atom. The minimum absolute atomic E-state index is 0.0164. The van der Waals surface area contributed by atoms with Gasteiger partial charge in [-0.2, -0.15) is 0 Å². The molecule has 0 aromatic heterocycles. The summed E-state index contributed by atoms with van der Waals surface area (Å²) in [6, 6.07) is 3.61. The van der Waals surface area contributed by atoms with Crippen LogP contribution >= 0.6 is 11.6 Å². The topological polar surface area (TPSA) is 111 Å². The number of sulfonamides is 1. The van der Waals surface area contributed by atoms with E-state index in [0.29, 0.717) is 0 Å². The van der Waals surface area contributed by atoms with Crippen molar-refractivity contribution in [3.05, 3.63) is 28.8 Å². The molecule has 0 radical (unpaired) electrons. The summed E-state index contributed by atoms with van der Waals surface area (Å²) in [5, 5.41) is 2.30. The van der Waals surface area contributed by atoms with E-state index in [9.17, 15) is 18.0 Å². The lowest BCUT2D eigenvalue weighted by Crippen LogP contribution is -2.27. The number of rotatable bonds is 8. The van der Waals surface area contributed by atoms with Gasteiger partial charge in [0, 0.05) is 20.7 Å². The van der Waals surface area contributed by atoms with Gasteiger partial charge in [-0.3, -0.25) is 4.79 Å². The third-order valence-corrected chi connectivity index (χ3v) is 4.47. The number of carbonyl (C=O) groups excluding carboxylic acids is 2. The molecule has 0 aliphatic rings. The highest BCUT2D eigenvalue weighted by molar-refractivity contribution is 7.89. The monoisotopic (exact) mass is 364 g/mol. The summed E-state index contributed by atoms with van der Waals surface area (Å²) in [6.45, 7) is -0.208. The molecule has 0 fully saturated rings. The lowest BCUT2D eigenvalue weighted by atomic mass is 10.2. The highest BCUT2D eigenvalue weighted by atomic mass is 35.5. The fourth-order valence-electron chi connectivity index (χ4n) is 1.47. The average Bonchev–Trinajstić information content (AvgIpc) is 2.52. The normalized spacial score (nSPS) is 11.1. The van der Waals surface area contributed by atoms with Crippen LogP contribution in [0.15, 0.2) is 23.1 Å². The van der Waals surface area contributed by atoms with Gasteiger partial charge in [0.2, 0.25) is 10.0 Å². The highest BCUT2D eigenvalue weighted by Crippen LogP contribution is 2.21. The number of benzene rings is 1. The van der Waals surface area contributed by atoms with Crippen LogP contribution in [0.4, 0.5) is 0 Å². The zero-order valence-electron chi connectivity index (χ0n) is 12.6. The summed E-state index contributed by atoms with van der Waals surface area (Å²) in [7, 11) is -0.984. The van der Waals surface area contributed by atoms with Crippen LogP contribution in [0.5, 0.6) is 0 Å². The van der Waals surface area contributed by atoms with Crippen LogP contribution in [0.1, 0.15) is 10.4 Å². The molecule has 0 saturated heterocycles. The molecule has 1 rings (SSSR count). The maximum absolute atomic E-state index is 12.1. The number of hydrogen-bond donors (Lipinski definition) is 2. The van der Waals surface area contributed by atoms with E-state index in [1.54, 1.807) is 0 Å². The molecule has 0 saturated carbocycles. The number of hydrogen-bond acceptors (Lipinski definition) is 6. The molecule has 2 N–H and O–H groups in total. The molecule has 0 unspecified atom stereocenters. The zero-order valence-corrected chi connectivity index (χ0v) is 14.2. The summed E-state index contributed by atoms with van der Waals surface area (Å²) >= 11 is 5.88. The van der Waals surface area contributed by atoms with E-state index < -0.39 is 28.5 Å². The van der Waals surface area contributed by atoms with Crippen molar-refractivity contribution >= 4 is 33.5 Å². The largest absolute Gasteiger partial charge is 0.452 e. The first-order valence-electron chi connectivity index (χ1n) is 6.47. The van der Waals surface area contributed by atoms with Crippen molar-refractivity contribution in [2.45, 2.75) is 4.90 Å². The number of esters is 1. The Labute approximate surface area is 139 Å². The molecule has 0 spiro atoms. The van der Waals surface area contributed by atoms with Crippen molar-refractivity contribution in [3.8, 4) is 0 Å². The first kappa shape index (κ1) is 19.4. The fraction of sp³-hybridized carbons (Fsp3) is 0.385. The highest BCUT2D eigenvalue weighted by Gasteiger charge is 2.19. The maximum atomic E-state index is 12.1. The van der Waals surface area contributed by atoms with Gasteiger partial charge in [0.15, 0.2) is 6.61 Å². The Bertz CT molecular complexity index is 677. The van der Waals surface area contributed by atoms with E-state index >= 15 is 0 Å². The van der Waals surface area contributed by atoms with E-state index in [4.69, 9.17) is 21.1 Å². The van der Waals surface area contributed by atoms with Crippen LogP contribution in [0.25, 0.3) is 0 Å². The van der Waals surface area contributed by atoms with Crippen molar-refractivity contribution in [1.29, 1.82) is 0 Å². The van der Waals surface area contributed by atoms with Crippen LogP contribution in [-0.2, 0) is 24.3 Å². The van der Waals surface area contributed by atoms with Crippen molar-refractivity contribution < 1.29 is 27.5 Å². The molecule has 8 nitrogen and oxygen atoms in total. The Hall–Kier alpha value is -1.68. The number of nitrogens with one attached hydrogen (secondary N) is 2. The van der Waals surface area contributed by atoms with Gasteiger partial charge >= 0.3 is 5.97 Å². The molecule has 0 aliphatic carbocycles. The Kier molecular flexibility index (Phi) is 7.43. The predicted molar refractivity (Wildman–Crippen MR) is 82.9 cm³/mol. The SMILES string of the molecule is CNC(=O)COC(=O)c1cc(S(=O)(=O)NCCOC)ccc1Cl. The molecule has 1 aromatic rings. The fourth-order valence-corrected chi connectivity index (χ4v) is 2.70. The number of amides is 1. The standard InChI is InChI=1S/C13H17ClN2O6S/c1-15-12(17)8-22-13(18)10-7-9(3-4-11(10)14)23(19,20)16-5-6-21-2/h3-4,7,16H,5-6,8H2,1-2H3,(H,15,17). The molecular formula is C13H17ClN2O6S. The summed E-state index contributed by atoms with van der Waals surface area (Å²) in [5.41, 5.74) is -0.148. The molecule has 1 aromatic carbocycles. The Balaban J connectivity index is 2.94. The van der Waals surface area contributed by atoms with Crippen LogP contribution in [0, 0.1) is 0 Å². The molecule has 1 amide bonds. The van der Waals surface area contributed by atoms with Gasteiger partial charge in [0.25, 0.3) is 5.91 Å². The number of methoxy groups -OCH3 is 1. The minimum atomic E-state index is -3.82. The summed E-state index contributed by atoms with van der Waals surface area (Å²) < 4.78 is 36.0. The second-order valence-corrected chi connectivity index (χ2v) is 6.46. The van der Waals surface area contributed by atoms with Crippen LogP contribution in [0.3, 0.4) is 0 Å². The molecule has 0 aliphatic heterocycles. The van der Waals surface area contributed by atoms with Crippen LogP contribution in [0.2, 0.25) is 5.02 Å². The molecule has 0 atom stereocenters. The van der Waals surface area contributed by atoms with E-state index in [2.05, 4.69) is 10.0 Å². The first-order valence-corrected chi connectivity index (χ1v) is 8.33. The Morgan fingerprint density at radius 2 is 2.00 bits per heavy atom. The molecule has 0 heterocycles. The summed E-state index contributed by atoms with van der Waals surface area (Å²) in [4.78, 5) is 22.8. The quantitative estimate of drug-likeness (QED) is 0.502. The van der Waals surface area contributed by atoms with Gasteiger partial charge in [0.05, 0.1) is 22.1 Å². The third kappa shape index (κ3) is 5.79. The molecule has 128 valence electrons. The second kappa shape index (κ2) is 8.82. The van der Waals surface area contributed by atoms with Gasteiger partial charge < -0.3 is 14.8 Å². The van der Waals surface area contributed by atoms with Gasteiger partial charge in [-0.25, -0.2) is 17.9 Å². The Morgan fingerprint density at radius 1 is 1.30 bits per heavy atom. The van der Waals surface area contributed by atoms with E-state index in [-0.39, 0.29) is 28.6 Å². The second-order valence-electron chi connectivity index (χ2n) is 4.28. The summed E-state index contributed by atoms with van der Waals surface area (Å²) in [6.07, 6.45) is 0. The minimum Gasteiger partial charge on any atom is -0.452 e. The van der Waals surface area contributed by atoms with Crippen molar-refractivity contribution in [2.75, 3.05) is 33.9 Å².